The van der Waals surface area contributed by atoms with Crippen LogP contribution in [0.25, 0.3) is 0 Å². The molecular formula is C14H26N4. The molecule has 0 saturated heterocycles. The standard InChI is InChI=1S/C14H26N4/c1-11(2)18-13(10-15)16-17-14(18)12-8-6-4-3-5-7-9-12/h11-12H,3-10,15H2,1-2H3. The molecular weight excluding hydrogens is 224 g/mol. The molecule has 2 N–H and O–H groups in total. The van der Waals surface area contributed by atoms with Crippen LogP contribution in [0.1, 0.15) is 82.4 Å². The molecule has 1 saturated carbocycles. The van der Waals surface area contributed by atoms with E-state index < -0.39 is 0 Å². The second kappa shape index (κ2) is 6.32. The van der Waals surface area contributed by atoms with Crippen LogP contribution < -0.4 is 5.73 Å². The second-order valence-corrected chi connectivity index (χ2v) is 5.68. The Morgan fingerprint density at radius 3 is 2.28 bits per heavy atom. The van der Waals surface area contributed by atoms with Crippen molar-refractivity contribution < 1.29 is 0 Å². The largest absolute Gasteiger partial charge is 0.324 e. The number of hydrogen-bond acceptors (Lipinski definition) is 3. The topological polar surface area (TPSA) is 56.7 Å². The first-order valence-electron chi connectivity index (χ1n) is 7.37. The van der Waals surface area contributed by atoms with Crippen LogP contribution in [0.4, 0.5) is 0 Å². The normalized spacial score (nSPS) is 18.9. The minimum atomic E-state index is 0.402. The number of aromatic nitrogens is 3. The minimum Gasteiger partial charge on any atom is -0.324 e. The van der Waals surface area contributed by atoms with Crippen LogP contribution in [-0.4, -0.2) is 14.8 Å². The zero-order valence-electron chi connectivity index (χ0n) is 11.7. The molecule has 0 unspecified atom stereocenters. The maximum Gasteiger partial charge on any atom is 0.147 e. The van der Waals surface area contributed by atoms with E-state index in [2.05, 4.69) is 28.6 Å². The van der Waals surface area contributed by atoms with E-state index in [9.17, 15) is 0 Å². The summed E-state index contributed by atoms with van der Waals surface area (Å²) in [5, 5.41) is 8.71. The molecule has 0 aromatic carbocycles. The lowest BCUT2D eigenvalue weighted by atomic mass is 9.90. The number of rotatable bonds is 3. The summed E-state index contributed by atoms with van der Waals surface area (Å²) < 4.78 is 2.26. The van der Waals surface area contributed by atoms with Crippen LogP contribution >= 0.6 is 0 Å². The van der Waals surface area contributed by atoms with E-state index in [-0.39, 0.29) is 0 Å². The summed E-state index contributed by atoms with van der Waals surface area (Å²) in [5.41, 5.74) is 5.76. The van der Waals surface area contributed by atoms with E-state index >= 15 is 0 Å². The molecule has 1 aromatic rings. The Hall–Kier alpha value is -0.900. The fourth-order valence-electron chi connectivity index (χ4n) is 3.03. The molecule has 1 aliphatic carbocycles. The highest BCUT2D eigenvalue weighted by Gasteiger charge is 2.22. The summed E-state index contributed by atoms with van der Waals surface area (Å²) in [4.78, 5) is 0. The highest BCUT2D eigenvalue weighted by atomic mass is 15.3. The van der Waals surface area contributed by atoms with Crippen molar-refractivity contribution in [1.82, 2.24) is 14.8 Å². The third kappa shape index (κ3) is 2.91. The summed E-state index contributed by atoms with van der Waals surface area (Å²) in [6.07, 6.45) is 9.32. The number of hydrogen-bond donors (Lipinski definition) is 1. The molecule has 0 atom stereocenters. The van der Waals surface area contributed by atoms with Crippen LogP contribution in [-0.2, 0) is 6.54 Å². The van der Waals surface area contributed by atoms with Crippen LogP contribution in [0.5, 0.6) is 0 Å². The fourth-order valence-corrected chi connectivity index (χ4v) is 3.03. The number of nitrogens with zero attached hydrogens (tertiary/aromatic N) is 3. The highest BCUT2D eigenvalue weighted by Crippen LogP contribution is 2.31. The lowest BCUT2D eigenvalue weighted by Gasteiger charge is -2.22. The van der Waals surface area contributed by atoms with Gasteiger partial charge >= 0.3 is 0 Å². The van der Waals surface area contributed by atoms with E-state index in [1.54, 1.807) is 0 Å². The molecule has 0 spiro atoms. The molecule has 1 aliphatic rings. The van der Waals surface area contributed by atoms with Gasteiger partial charge in [-0.05, 0) is 26.7 Å². The molecule has 1 heterocycles. The minimum absolute atomic E-state index is 0.402. The average Bonchev–Trinajstić information content (AvgIpc) is 2.72. The second-order valence-electron chi connectivity index (χ2n) is 5.68. The number of nitrogens with two attached hydrogens (primary N) is 1. The van der Waals surface area contributed by atoms with Gasteiger partial charge in [0.1, 0.15) is 11.6 Å². The van der Waals surface area contributed by atoms with Gasteiger partial charge in [-0.25, -0.2) is 0 Å². The average molecular weight is 250 g/mol. The Morgan fingerprint density at radius 1 is 1.11 bits per heavy atom. The third-order valence-corrected chi connectivity index (χ3v) is 3.96. The molecule has 102 valence electrons. The smallest absolute Gasteiger partial charge is 0.147 e. The van der Waals surface area contributed by atoms with E-state index in [4.69, 9.17) is 5.73 Å². The van der Waals surface area contributed by atoms with Crippen molar-refractivity contribution in [2.45, 2.75) is 77.3 Å². The van der Waals surface area contributed by atoms with Crippen LogP contribution in [0.2, 0.25) is 0 Å². The summed E-state index contributed by atoms with van der Waals surface area (Å²) in [6, 6.07) is 0.402. The van der Waals surface area contributed by atoms with Crippen molar-refractivity contribution >= 4 is 0 Å². The van der Waals surface area contributed by atoms with Gasteiger partial charge in [0, 0.05) is 12.0 Å². The van der Waals surface area contributed by atoms with Gasteiger partial charge in [-0.2, -0.15) is 0 Å². The summed E-state index contributed by atoms with van der Waals surface area (Å²) in [6.45, 7) is 4.86. The molecule has 0 radical (unpaired) electrons. The third-order valence-electron chi connectivity index (χ3n) is 3.96. The summed E-state index contributed by atoms with van der Waals surface area (Å²) in [5.74, 6) is 2.69. The van der Waals surface area contributed by atoms with Gasteiger partial charge in [0.2, 0.25) is 0 Å². The molecule has 1 fully saturated rings. The van der Waals surface area contributed by atoms with Gasteiger partial charge in [0.05, 0.1) is 6.54 Å². The maximum atomic E-state index is 5.76. The van der Waals surface area contributed by atoms with Gasteiger partial charge < -0.3 is 10.3 Å². The van der Waals surface area contributed by atoms with E-state index in [1.807, 2.05) is 0 Å². The Balaban J connectivity index is 2.22. The summed E-state index contributed by atoms with van der Waals surface area (Å²) in [7, 11) is 0. The molecule has 18 heavy (non-hydrogen) atoms. The first-order valence-corrected chi connectivity index (χ1v) is 7.37. The fraction of sp³-hybridized carbons (Fsp3) is 0.857. The maximum absolute atomic E-state index is 5.76. The van der Waals surface area contributed by atoms with Gasteiger partial charge in [-0.3, -0.25) is 0 Å². The van der Waals surface area contributed by atoms with E-state index in [0.717, 1.165) is 5.82 Å². The van der Waals surface area contributed by atoms with Crippen molar-refractivity contribution in [3.8, 4) is 0 Å². The van der Waals surface area contributed by atoms with Crippen LogP contribution in [0.3, 0.4) is 0 Å². The first-order chi connectivity index (χ1) is 8.74. The Kier molecular flexibility index (Phi) is 4.75. The monoisotopic (exact) mass is 250 g/mol. The predicted molar refractivity (Wildman–Crippen MR) is 73.4 cm³/mol. The van der Waals surface area contributed by atoms with Crippen molar-refractivity contribution in [3.05, 3.63) is 11.6 Å². The zero-order valence-corrected chi connectivity index (χ0v) is 11.7. The van der Waals surface area contributed by atoms with E-state index in [1.165, 1.54) is 50.8 Å². The Morgan fingerprint density at radius 2 is 1.72 bits per heavy atom. The van der Waals surface area contributed by atoms with Crippen molar-refractivity contribution in [3.63, 3.8) is 0 Å². The van der Waals surface area contributed by atoms with Gasteiger partial charge in [-0.1, -0.05) is 32.1 Å². The van der Waals surface area contributed by atoms with Gasteiger partial charge in [0.15, 0.2) is 0 Å². The lowest BCUT2D eigenvalue weighted by Crippen LogP contribution is -2.16. The molecule has 0 aliphatic heterocycles. The summed E-state index contributed by atoms with van der Waals surface area (Å²) >= 11 is 0. The predicted octanol–water partition coefficient (Wildman–Crippen LogP) is 3.15. The molecule has 4 nitrogen and oxygen atoms in total. The van der Waals surface area contributed by atoms with Crippen molar-refractivity contribution in [2.75, 3.05) is 0 Å². The van der Waals surface area contributed by atoms with Crippen LogP contribution in [0.15, 0.2) is 0 Å². The zero-order chi connectivity index (χ0) is 13.0. The molecule has 2 rings (SSSR count). The first kappa shape index (κ1) is 13.5. The SMILES string of the molecule is CC(C)n1c(CN)nnc1C1CCCCCCC1. The molecule has 1 aromatic heterocycles. The Labute approximate surface area is 110 Å². The lowest BCUT2D eigenvalue weighted by molar-refractivity contribution is 0.417. The van der Waals surface area contributed by atoms with Crippen molar-refractivity contribution in [2.24, 2.45) is 5.73 Å². The quantitative estimate of drug-likeness (QED) is 0.896. The molecule has 0 bridgehead atoms. The Bertz CT molecular complexity index is 362. The van der Waals surface area contributed by atoms with E-state index in [0.29, 0.717) is 18.5 Å². The highest BCUT2D eigenvalue weighted by molar-refractivity contribution is 5.04. The van der Waals surface area contributed by atoms with Crippen LogP contribution in [0, 0.1) is 0 Å². The van der Waals surface area contributed by atoms with Crippen molar-refractivity contribution in [1.29, 1.82) is 0 Å². The molecule has 4 heteroatoms. The van der Waals surface area contributed by atoms with Gasteiger partial charge in [0.25, 0.3) is 0 Å². The van der Waals surface area contributed by atoms with Gasteiger partial charge in [-0.15, -0.1) is 10.2 Å². The molecule has 0 amide bonds.